The Kier molecular flexibility index (Phi) is 3.76. The van der Waals surface area contributed by atoms with E-state index >= 15 is 0 Å². The molecule has 0 saturated carbocycles. The first kappa shape index (κ1) is 13.8. The van der Waals surface area contributed by atoms with Crippen molar-refractivity contribution in [1.29, 1.82) is 0 Å². The van der Waals surface area contributed by atoms with E-state index in [4.69, 9.17) is 16.3 Å². The van der Waals surface area contributed by atoms with Crippen LogP contribution in [0.2, 0.25) is 0 Å². The first-order valence-electron chi connectivity index (χ1n) is 6.56. The van der Waals surface area contributed by atoms with Gasteiger partial charge in [-0.1, -0.05) is 24.3 Å². The van der Waals surface area contributed by atoms with Crippen LogP contribution in [0.4, 0.5) is 4.39 Å². The molecule has 3 rings (SSSR count). The van der Waals surface area contributed by atoms with Gasteiger partial charge in [0.25, 0.3) is 0 Å². The number of aryl methyl sites for hydroxylation is 1. The maximum absolute atomic E-state index is 13.3. The van der Waals surface area contributed by atoms with Crippen LogP contribution < -0.4 is 4.74 Å². The Hall–Kier alpha value is -2.13. The lowest BCUT2D eigenvalue weighted by Crippen LogP contribution is -1.94. The van der Waals surface area contributed by atoms with Gasteiger partial charge < -0.3 is 4.74 Å². The Morgan fingerprint density at radius 1 is 1.14 bits per heavy atom. The minimum atomic E-state index is -0.339. The van der Waals surface area contributed by atoms with Crippen LogP contribution in [-0.2, 0) is 5.88 Å². The number of alkyl halides is 1. The molecular formula is C17H13ClFNO. The van der Waals surface area contributed by atoms with E-state index in [2.05, 4.69) is 4.98 Å². The zero-order valence-corrected chi connectivity index (χ0v) is 12.2. The number of aromatic nitrogens is 1. The van der Waals surface area contributed by atoms with Crippen molar-refractivity contribution in [3.8, 4) is 11.6 Å². The Balaban J connectivity index is 2.06. The minimum absolute atomic E-state index is 0.339. The number of hydrogen-bond acceptors (Lipinski definition) is 2. The zero-order valence-electron chi connectivity index (χ0n) is 11.4. The standard InChI is InChI=1S/C17H13ClFNO/c1-11-6-7-13(19)9-16(11)21-17-8-12(10-18)14-4-2-3-5-15(14)20-17/h2-9H,10H2,1H3. The topological polar surface area (TPSA) is 22.1 Å². The van der Waals surface area contributed by atoms with Gasteiger partial charge in [-0.25, -0.2) is 9.37 Å². The van der Waals surface area contributed by atoms with Crippen molar-refractivity contribution in [2.45, 2.75) is 12.8 Å². The number of benzene rings is 2. The molecule has 0 amide bonds. The van der Waals surface area contributed by atoms with Gasteiger partial charge in [0.05, 0.1) is 5.52 Å². The maximum Gasteiger partial charge on any atom is 0.220 e. The summed E-state index contributed by atoms with van der Waals surface area (Å²) < 4.78 is 19.1. The van der Waals surface area contributed by atoms with Crippen LogP contribution in [0.25, 0.3) is 10.9 Å². The summed E-state index contributed by atoms with van der Waals surface area (Å²) in [7, 11) is 0. The molecule has 0 saturated heterocycles. The average Bonchev–Trinajstić information content (AvgIpc) is 2.50. The molecule has 0 bridgehead atoms. The van der Waals surface area contributed by atoms with Gasteiger partial charge in [0.2, 0.25) is 5.88 Å². The van der Waals surface area contributed by atoms with Gasteiger partial charge in [-0.05, 0) is 30.2 Å². The molecule has 1 heterocycles. The molecule has 0 aliphatic rings. The quantitative estimate of drug-likeness (QED) is 0.619. The molecule has 0 aliphatic heterocycles. The van der Waals surface area contributed by atoms with E-state index < -0.39 is 0 Å². The summed E-state index contributed by atoms with van der Waals surface area (Å²) in [5, 5.41) is 0.996. The summed E-state index contributed by atoms with van der Waals surface area (Å²) in [5.41, 5.74) is 2.59. The molecule has 0 radical (unpaired) electrons. The normalized spacial score (nSPS) is 10.8. The Bertz CT molecular complexity index is 804. The van der Waals surface area contributed by atoms with E-state index in [0.29, 0.717) is 17.5 Å². The van der Waals surface area contributed by atoms with E-state index in [1.165, 1.54) is 12.1 Å². The molecule has 0 unspecified atom stereocenters. The van der Waals surface area contributed by atoms with Crippen LogP contribution in [0.3, 0.4) is 0 Å². The second-order valence-electron chi connectivity index (χ2n) is 4.78. The Labute approximate surface area is 127 Å². The number of nitrogens with zero attached hydrogens (tertiary/aromatic N) is 1. The number of rotatable bonds is 3. The molecule has 0 spiro atoms. The summed E-state index contributed by atoms with van der Waals surface area (Å²) in [6.45, 7) is 1.86. The largest absolute Gasteiger partial charge is 0.439 e. The lowest BCUT2D eigenvalue weighted by Gasteiger charge is -2.10. The number of fused-ring (bicyclic) bond motifs is 1. The molecular weight excluding hydrogens is 289 g/mol. The molecule has 0 atom stereocenters. The van der Waals surface area contributed by atoms with Gasteiger partial charge in [0.1, 0.15) is 11.6 Å². The molecule has 2 aromatic carbocycles. The molecule has 0 N–H and O–H groups in total. The minimum Gasteiger partial charge on any atom is -0.439 e. The number of pyridine rings is 1. The third-order valence-corrected chi connectivity index (χ3v) is 3.57. The summed E-state index contributed by atoms with van der Waals surface area (Å²) >= 11 is 5.99. The molecule has 4 heteroatoms. The third-order valence-electron chi connectivity index (χ3n) is 3.29. The van der Waals surface area contributed by atoms with Crippen molar-refractivity contribution in [3.05, 3.63) is 65.5 Å². The predicted molar refractivity (Wildman–Crippen MR) is 82.5 cm³/mol. The van der Waals surface area contributed by atoms with Gasteiger partial charge in [-0.3, -0.25) is 0 Å². The van der Waals surface area contributed by atoms with Crippen molar-refractivity contribution in [2.75, 3.05) is 0 Å². The first-order chi connectivity index (χ1) is 10.2. The van der Waals surface area contributed by atoms with Crippen molar-refractivity contribution in [2.24, 2.45) is 0 Å². The Morgan fingerprint density at radius 3 is 2.76 bits per heavy atom. The van der Waals surface area contributed by atoms with E-state index in [-0.39, 0.29) is 5.82 Å². The summed E-state index contributed by atoms with van der Waals surface area (Å²) in [6.07, 6.45) is 0. The lowest BCUT2D eigenvalue weighted by atomic mass is 10.1. The number of halogens is 2. The number of para-hydroxylation sites is 1. The third kappa shape index (κ3) is 2.83. The average molecular weight is 302 g/mol. The highest BCUT2D eigenvalue weighted by Crippen LogP contribution is 2.28. The monoisotopic (exact) mass is 301 g/mol. The van der Waals surface area contributed by atoms with Gasteiger partial charge in [0.15, 0.2) is 0 Å². The van der Waals surface area contributed by atoms with Crippen LogP contribution in [0.15, 0.2) is 48.5 Å². The van der Waals surface area contributed by atoms with Gasteiger partial charge in [-0.15, -0.1) is 11.6 Å². The fourth-order valence-electron chi connectivity index (χ4n) is 2.18. The van der Waals surface area contributed by atoms with E-state index in [1.54, 1.807) is 12.1 Å². The van der Waals surface area contributed by atoms with Crippen molar-refractivity contribution < 1.29 is 9.13 Å². The fourth-order valence-corrected chi connectivity index (χ4v) is 2.40. The second kappa shape index (κ2) is 5.70. The fraction of sp³-hybridized carbons (Fsp3) is 0.118. The number of ether oxygens (including phenoxy) is 1. The van der Waals surface area contributed by atoms with E-state index in [0.717, 1.165) is 22.0 Å². The molecule has 0 fully saturated rings. The van der Waals surface area contributed by atoms with Crippen LogP contribution >= 0.6 is 11.6 Å². The van der Waals surface area contributed by atoms with Crippen LogP contribution in [0, 0.1) is 12.7 Å². The molecule has 3 aromatic rings. The van der Waals surface area contributed by atoms with Crippen LogP contribution in [-0.4, -0.2) is 4.98 Å². The Morgan fingerprint density at radius 2 is 1.95 bits per heavy atom. The highest BCUT2D eigenvalue weighted by molar-refractivity contribution is 6.18. The molecule has 106 valence electrons. The lowest BCUT2D eigenvalue weighted by molar-refractivity contribution is 0.456. The van der Waals surface area contributed by atoms with Crippen LogP contribution in [0.5, 0.6) is 11.6 Å². The highest BCUT2D eigenvalue weighted by Gasteiger charge is 2.08. The number of hydrogen-bond donors (Lipinski definition) is 0. The van der Waals surface area contributed by atoms with Crippen molar-refractivity contribution >= 4 is 22.5 Å². The smallest absolute Gasteiger partial charge is 0.220 e. The molecule has 2 nitrogen and oxygen atoms in total. The van der Waals surface area contributed by atoms with E-state index in [9.17, 15) is 4.39 Å². The highest BCUT2D eigenvalue weighted by atomic mass is 35.5. The molecule has 0 aliphatic carbocycles. The van der Waals surface area contributed by atoms with E-state index in [1.807, 2.05) is 31.2 Å². The molecule has 1 aromatic heterocycles. The van der Waals surface area contributed by atoms with Crippen molar-refractivity contribution in [1.82, 2.24) is 4.98 Å². The van der Waals surface area contributed by atoms with Crippen LogP contribution in [0.1, 0.15) is 11.1 Å². The molecule has 21 heavy (non-hydrogen) atoms. The van der Waals surface area contributed by atoms with Gasteiger partial charge >= 0.3 is 0 Å². The van der Waals surface area contributed by atoms with Gasteiger partial charge in [-0.2, -0.15) is 0 Å². The van der Waals surface area contributed by atoms with Crippen molar-refractivity contribution in [3.63, 3.8) is 0 Å². The predicted octanol–water partition coefficient (Wildman–Crippen LogP) is 5.21. The SMILES string of the molecule is Cc1ccc(F)cc1Oc1cc(CCl)c2ccccc2n1. The summed E-state index contributed by atoms with van der Waals surface area (Å²) in [5.74, 6) is 0.895. The van der Waals surface area contributed by atoms with Gasteiger partial charge in [0, 0.05) is 23.4 Å². The second-order valence-corrected chi connectivity index (χ2v) is 5.05. The summed E-state index contributed by atoms with van der Waals surface area (Å²) in [4.78, 5) is 4.45. The maximum atomic E-state index is 13.3. The summed E-state index contributed by atoms with van der Waals surface area (Å²) in [6, 6.07) is 13.9. The first-order valence-corrected chi connectivity index (χ1v) is 7.09. The zero-order chi connectivity index (χ0) is 14.8.